The number of nitro benzene ring substituents is 1. The van der Waals surface area contributed by atoms with Gasteiger partial charge in [0.1, 0.15) is 5.75 Å². The van der Waals surface area contributed by atoms with Gasteiger partial charge in [0.15, 0.2) is 0 Å². The van der Waals surface area contributed by atoms with E-state index in [1.807, 2.05) is 12.1 Å². The Labute approximate surface area is 150 Å². The minimum Gasteiger partial charge on any atom is -0.495 e. The fourth-order valence-electron chi connectivity index (χ4n) is 2.10. The smallest absolute Gasteiger partial charge is 0.276 e. The van der Waals surface area contributed by atoms with Gasteiger partial charge in [0.05, 0.1) is 29.8 Å². The summed E-state index contributed by atoms with van der Waals surface area (Å²) in [5.74, 6) is 0.294. The molecule has 0 heterocycles. The summed E-state index contributed by atoms with van der Waals surface area (Å²) >= 11 is 0. The molecule has 8 nitrogen and oxygen atoms in total. The van der Waals surface area contributed by atoms with Gasteiger partial charge in [-0.2, -0.15) is 5.10 Å². The van der Waals surface area contributed by atoms with E-state index in [0.717, 1.165) is 0 Å². The Morgan fingerprint density at radius 1 is 1.23 bits per heavy atom. The quantitative estimate of drug-likeness (QED) is 0.431. The average molecular weight is 354 g/mol. The number of rotatable bonds is 8. The topological polar surface area (TPSA) is 106 Å². The maximum Gasteiger partial charge on any atom is 0.276 e. The molecule has 2 N–H and O–H groups in total. The molecule has 0 fully saturated rings. The minimum atomic E-state index is -0.456. The highest BCUT2D eigenvalue weighted by Crippen LogP contribution is 2.22. The molecule has 2 aromatic rings. The average Bonchev–Trinajstić information content (AvgIpc) is 2.66. The first-order chi connectivity index (χ1) is 12.6. The Hall–Kier alpha value is -3.68. The number of nitro groups is 1. The van der Waals surface area contributed by atoms with Crippen molar-refractivity contribution in [1.29, 1.82) is 0 Å². The summed E-state index contributed by atoms with van der Waals surface area (Å²) < 4.78 is 5.18. The largest absolute Gasteiger partial charge is 0.495 e. The zero-order valence-electron chi connectivity index (χ0n) is 14.1. The van der Waals surface area contributed by atoms with Crippen molar-refractivity contribution in [3.63, 3.8) is 0 Å². The van der Waals surface area contributed by atoms with Crippen LogP contribution in [0.5, 0.6) is 5.75 Å². The molecule has 0 atom stereocenters. The van der Waals surface area contributed by atoms with Crippen molar-refractivity contribution in [1.82, 2.24) is 5.43 Å². The van der Waals surface area contributed by atoms with Crippen molar-refractivity contribution in [2.75, 3.05) is 19.0 Å². The van der Waals surface area contributed by atoms with E-state index >= 15 is 0 Å². The van der Waals surface area contributed by atoms with Crippen molar-refractivity contribution in [3.8, 4) is 5.75 Å². The number of anilines is 1. The fraction of sp³-hybridized carbons (Fsp3) is 0.111. The number of methoxy groups -OCH3 is 1. The van der Waals surface area contributed by atoms with Crippen LogP contribution in [0.4, 0.5) is 11.4 Å². The summed E-state index contributed by atoms with van der Waals surface area (Å²) in [7, 11) is 1.55. The number of amides is 1. The van der Waals surface area contributed by atoms with Gasteiger partial charge in [0.2, 0.25) is 0 Å². The van der Waals surface area contributed by atoms with E-state index in [2.05, 4.69) is 15.8 Å². The summed E-state index contributed by atoms with van der Waals surface area (Å²) in [5.41, 5.74) is 3.51. The number of benzene rings is 2. The molecule has 0 bridgehead atoms. The van der Waals surface area contributed by atoms with E-state index in [1.54, 1.807) is 43.5 Å². The molecule has 0 saturated carbocycles. The van der Waals surface area contributed by atoms with Crippen LogP contribution >= 0.6 is 0 Å². The second-order valence-electron chi connectivity index (χ2n) is 5.04. The molecule has 0 radical (unpaired) electrons. The highest BCUT2D eigenvalue weighted by Gasteiger charge is 2.08. The maximum absolute atomic E-state index is 11.8. The predicted molar refractivity (Wildman–Crippen MR) is 100 cm³/mol. The van der Waals surface area contributed by atoms with Crippen molar-refractivity contribution in [2.45, 2.75) is 0 Å². The van der Waals surface area contributed by atoms with E-state index < -0.39 is 4.92 Å². The molecule has 0 spiro atoms. The molecule has 0 aliphatic carbocycles. The van der Waals surface area contributed by atoms with Crippen LogP contribution in [0.2, 0.25) is 0 Å². The highest BCUT2D eigenvalue weighted by molar-refractivity contribution is 5.84. The first-order valence-corrected chi connectivity index (χ1v) is 7.70. The molecule has 0 unspecified atom stereocenters. The van der Waals surface area contributed by atoms with E-state index in [1.165, 1.54) is 18.4 Å². The second-order valence-corrected chi connectivity index (χ2v) is 5.04. The van der Waals surface area contributed by atoms with Crippen LogP contribution in [0.15, 0.2) is 59.7 Å². The predicted octanol–water partition coefficient (Wildman–Crippen LogP) is 2.83. The third kappa shape index (κ3) is 5.45. The van der Waals surface area contributed by atoms with Crippen LogP contribution in [-0.4, -0.2) is 30.7 Å². The zero-order valence-corrected chi connectivity index (χ0v) is 14.1. The van der Waals surface area contributed by atoms with Crippen molar-refractivity contribution >= 4 is 29.6 Å². The minimum absolute atomic E-state index is 0.00203. The molecule has 0 aliphatic rings. The van der Waals surface area contributed by atoms with E-state index in [-0.39, 0.29) is 18.1 Å². The first kappa shape index (κ1) is 18.7. The second kappa shape index (κ2) is 9.58. The summed E-state index contributed by atoms with van der Waals surface area (Å²) in [6, 6.07) is 13.6. The number of hydrogen-bond acceptors (Lipinski definition) is 6. The monoisotopic (exact) mass is 354 g/mol. The van der Waals surface area contributed by atoms with Gasteiger partial charge < -0.3 is 10.1 Å². The Morgan fingerprint density at radius 2 is 1.96 bits per heavy atom. The normalized spacial score (nSPS) is 10.8. The number of ether oxygens (including phenoxy) is 1. The van der Waals surface area contributed by atoms with Crippen molar-refractivity contribution in [2.24, 2.45) is 5.10 Å². The van der Waals surface area contributed by atoms with Crippen molar-refractivity contribution in [3.05, 3.63) is 70.3 Å². The number of carbonyl (C=O) groups excluding carboxylic acids is 1. The lowest BCUT2D eigenvalue weighted by Gasteiger charge is -2.09. The molecule has 8 heteroatoms. The van der Waals surface area contributed by atoms with Crippen LogP contribution in [0, 0.1) is 10.1 Å². The summed E-state index contributed by atoms with van der Waals surface area (Å²) in [5, 5.41) is 17.6. The van der Waals surface area contributed by atoms with Gasteiger partial charge in [0.25, 0.3) is 11.6 Å². The van der Waals surface area contributed by atoms with E-state index in [0.29, 0.717) is 17.0 Å². The molecular formula is C18H18N4O4. The van der Waals surface area contributed by atoms with E-state index in [4.69, 9.17) is 4.74 Å². The van der Waals surface area contributed by atoms with Gasteiger partial charge in [-0.1, -0.05) is 24.3 Å². The number of para-hydroxylation sites is 3. The Morgan fingerprint density at radius 3 is 2.73 bits per heavy atom. The van der Waals surface area contributed by atoms with Crippen LogP contribution in [-0.2, 0) is 4.79 Å². The Bertz CT molecular complexity index is 833. The summed E-state index contributed by atoms with van der Waals surface area (Å²) in [4.78, 5) is 22.2. The third-order valence-corrected chi connectivity index (χ3v) is 3.31. The molecule has 2 rings (SSSR count). The van der Waals surface area contributed by atoms with Gasteiger partial charge in [0, 0.05) is 12.3 Å². The van der Waals surface area contributed by atoms with Crippen LogP contribution in [0.3, 0.4) is 0 Å². The molecule has 1 amide bonds. The van der Waals surface area contributed by atoms with Gasteiger partial charge in [-0.15, -0.1) is 0 Å². The van der Waals surface area contributed by atoms with Crippen molar-refractivity contribution < 1.29 is 14.5 Å². The molecule has 0 aliphatic heterocycles. The number of nitrogens with zero attached hydrogens (tertiary/aromatic N) is 2. The first-order valence-electron chi connectivity index (χ1n) is 7.70. The molecule has 0 saturated heterocycles. The molecule has 26 heavy (non-hydrogen) atoms. The molecule has 134 valence electrons. The summed E-state index contributed by atoms with van der Waals surface area (Å²) in [6.07, 6.45) is 4.40. The highest BCUT2D eigenvalue weighted by atomic mass is 16.6. The number of carbonyl (C=O) groups is 1. The number of hydrogen-bond donors (Lipinski definition) is 2. The van der Waals surface area contributed by atoms with Gasteiger partial charge in [-0.05, 0) is 30.4 Å². The standard InChI is InChI=1S/C18H18N4O4/c1-26-17-11-5-3-9-15(17)19-13-18(23)21-20-12-6-8-14-7-2-4-10-16(14)22(24)25/h2-12,19H,13H2,1H3,(H,21,23)/b8-6+,20-12-. The molecule has 2 aromatic carbocycles. The van der Waals surface area contributed by atoms with E-state index in [9.17, 15) is 14.9 Å². The lowest BCUT2D eigenvalue weighted by Crippen LogP contribution is -2.25. The van der Waals surface area contributed by atoms with Gasteiger partial charge >= 0.3 is 0 Å². The Balaban J connectivity index is 1.83. The number of hydrazone groups is 1. The Kier molecular flexibility index (Phi) is 6.87. The number of nitrogens with one attached hydrogen (secondary N) is 2. The van der Waals surface area contributed by atoms with Gasteiger partial charge in [-0.3, -0.25) is 14.9 Å². The van der Waals surface area contributed by atoms with Gasteiger partial charge in [-0.25, -0.2) is 5.43 Å². The van der Waals surface area contributed by atoms with Crippen LogP contribution in [0.25, 0.3) is 6.08 Å². The molecular weight excluding hydrogens is 336 g/mol. The number of allylic oxidation sites excluding steroid dienone is 1. The fourth-order valence-corrected chi connectivity index (χ4v) is 2.10. The maximum atomic E-state index is 11.8. The van der Waals surface area contributed by atoms with Crippen LogP contribution in [0.1, 0.15) is 5.56 Å². The molecule has 0 aromatic heterocycles. The SMILES string of the molecule is COc1ccccc1NCC(=O)N/N=C\C=C\c1ccccc1[N+](=O)[O-]. The summed E-state index contributed by atoms with van der Waals surface area (Å²) in [6.45, 7) is 0.0194. The third-order valence-electron chi connectivity index (χ3n) is 3.31. The zero-order chi connectivity index (χ0) is 18.8. The lowest BCUT2D eigenvalue weighted by molar-refractivity contribution is -0.385. The lowest BCUT2D eigenvalue weighted by atomic mass is 10.2. The van der Waals surface area contributed by atoms with Crippen LogP contribution < -0.4 is 15.5 Å².